The highest BCUT2D eigenvalue weighted by atomic mass is 15.3. The fourth-order valence-electron chi connectivity index (χ4n) is 2.55. The molecule has 2 aromatic carbocycles. The molecule has 1 saturated carbocycles. The molecule has 1 aliphatic rings. The summed E-state index contributed by atoms with van der Waals surface area (Å²) in [5.74, 6) is 0.670. The fourth-order valence-corrected chi connectivity index (χ4v) is 2.55. The molecular formula is C19H23N3. The number of nitrogens with two attached hydrogens (primary N) is 1. The molecule has 0 aliphatic heterocycles. The van der Waals surface area contributed by atoms with E-state index in [2.05, 4.69) is 58.4 Å². The molecule has 0 saturated heterocycles. The Hall–Kier alpha value is -2.29. The first-order valence-corrected chi connectivity index (χ1v) is 7.91. The number of guanidine groups is 1. The van der Waals surface area contributed by atoms with Crippen molar-refractivity contribution >= 4 is 5.96 Å². The number of benzene rings is 2. The average Bonchev–Trinajstić information content (AvgIpc) is 3.40. The summed E-state index contributed by atoms with van der Waals surface area (Å²) >= 11 is 0. The summed E-state index contributed by atoms with van der Waals surface area (Å²) in [7, 11) is 2.03. The lowest BCUT2D eigenvalue weighted by atomic mass is 10.0. The van der Waals surface area contributed by atoms with Crippen LogP contribution in [0.2, 0.25) is 0 Å². The van der Waals surface area contributed by atoms with Crippen LogP contribution >= 0.6 is 0 Å². The van der Waals surface area contributed by atoms with E-state index in [1.54, 1.807) is 0 Å². The summed E-state index contributed by atoms with van der Waals surface area (Å²) < 4.78 is 0. The quantitative estimate of drug-likeness (QED) is 0.679. The van der Waals surface area contributed by atoms with E-state index in [9.17, 15) is 0 Å². The standard InChI is InChI=1S/C19H23N3/c1-22(18-11-12-18)19(20)21-14-13-15-7-9-17(10-8-15)16-5-3-2-4-6-16/h2-10,18H,11-14H2,1H3,(H2,20,21). The van der Waals surface area contributed by atoms with Crippen molar-refractivity contribution in [2.24, 2.45) is 10.7 Å². The van der Waals surface area contributed by atoms with E-state index in [-0.39, 0.29) is 0 Å². The lowest BCUT2D eigenvalue weighted by Crippen LogP contribution is -2.35. The van der Waals surface area contributed by atoms with Crippen LogP contribution in [0.1, 0.15) is 18.4 Å². The lowest BCUT2D eigenvalue weighted by molar-refractivity contribution is 0.487. The molecule has 3 heteroatoms. The van der Waals surface area contributed by atoms with E-state index in [1.807, 2.05) is 13.1 Å². The second-order valence-electron chi connectivity index (χ2n) is 5.89. The SMILES string of the molecule is CN(C(N)=NCCc1ccc(-c2ccccc2)cc1)C1CC1. The number of hydrogen-bond donors (Lipinski definition) is 1. The number of nitrogens with zero attached hydrogens (tertiary/aromatic N) is 2. The van der Waals surface area contributed by atoms with Gasteiger partial charge in [0.25, 0.3) is 0 Å². The molecular weight excluding hydrogens is 270 g/mol. The third-order valence-corrected chi connectivity index (χ3v) is 4.19. The number of aliphatic imine (C=N–C) groups is 1. The van der Waals surface area contributed by atoms with Gasteiger partial charge in [-0.2, -0.15) is 0 Å². The molecule has 0 atom stereocenters. The van der Waals surface area contributed by atoms with Crippen LogP contribution in [0.4, 0.5) is 0 Å². The molecule has 0 radical (unpaired) electrons. The maximum absolute atomic E-state index is 6.00. The first-order chi connectivity index (χ1) is 10.7. The van der Waals surface area contributed by atoms with Gasteiger partial charge < -0.3 is 10.6 Å². The van der Waals surface area contributed by atoms with E-state index >= 15 is 0 Å². The van der Waals surface area contributed by atoms with Crippen LogP contribution < -0.4 is 5.73 Å². The van der Waals surface area contributed by atoms with Gasteiger partial charge >= 0.3 is 0 Å². The molecule has 1 aliphatic carbocycles. The first kappa shape index (κ1) is 14.6. The van der Waals surface area contributed by atoms with Crippen molar-refractivity contribution in [2.45, 2.75) is 25.3 Å². The van der Waals surface area contributed by atoms with Gasteiger partial charge in [0.05, 0.1) is 0 Å². The Bertz CT molecular complexity index is 627. The molecule has 0 unspecified atom stereocenters. The average molecular weight is 293 g/mol. The Morgan fingerprint density at radius 3 is 2.32 bits per heavy atom. The van der Waals surface area contributed by atoms with Gasteiger partial charge in [-0.3, -0.25) is 4.99 Å². The van der Waals surface area contributed by atoms with E-state index in [0.29, 0.717) is 12.0 Å². The van der Waals surface area contributed by atoms with E-state index in [0.717, 1.165) is 13.0 Å². The molecule has 2 aromatic rings. The van der Waals surface area contributed by atoms with Crippen LogP contribution in [0.25, 0.3) is 11.1 Å². The van der Waals surface area contributed by atoms with Crippen molar-refractivity contribution in [3.8, 4) is 11.1 Å². The molecule has 0 aromatic heterocycles. The summed E-state index contributed by atoms with van der Waals surface area (Å²) in [6, 6.07) is 19.8. The molecule has 0 heterocycles. The van der Waals surface area contributed by atoms with Crippen LogP contribution in [0.3, 0.4) is 0 Å². The van der Waals surface area contributed by atoms with Gasteiger partial charge in [0, 0.05) is 19.6 Å². The molecule has 2 N–H and O–H groups in total. The Labute approximate surface area is 132 Å². The second-order valence-corrected chi connectivity index (χ2v) is 5.89. The zero-order valence-corrected chi connectivity index (χ0v) is 13.1. The molecule has 22 heavy (non-hydrogen) atoms. The zero-order chi connectivity index (χ0) is 15.4. The Balaban J connectivity index is 1.56. The molecule has 3 rings (SSSR count). The van der Waals surface area contributed by atoms with Crippen molar-refractivity contribution in [3.05, 3.63) is 60.2 Å². The Morgan fingerprint density at radius 2 is 1.68 bits per heavy atom. The minimum absolute atomic E-state index is 0.619. The Morgan fingerprint density at radius 1 is 1.05 bits per heavy atom. The predicted molar refractivity (Wildman–Crippen MR) is 92.9 cm³/mol. The van der Waals surface area contributed by atoms with Crippen molar-refractivity contribution in [2.75, 3.05) is 13.6 Å². The summed E-state index contributed by atoms with van der Waals surface area (Å²) in [4.78, 5) is 6.58. The minimum atomic E-state index is 0.619. The predicted octanol–water partition coefficient (Wildman–Crippen LogP) is 3.31. The molecule has 3 nitrogen and oxygen atoms in total. The maximum atomic E-state index is 6.00. The lowest BCUT2D eigenvalue weighted by Gasteiger charge is -2.16. The van der Waals surface area contributed by atoms with Gasteiger partial charge in [0.2, 0.25) is 0 Å². The van der Waals surface area contributed by atoms with E-state index in [1.165, 1.54) is 29.5 Å². The monoisotopic (exact) mass is 293 g/mol. The van der Waals surface area contributed by atoms with Gasteiger partial charge in [0.1, 0.15) is 0 Å². The smallest absolute Gasteiger partial charge is 0.191 e. The summed E-state index contributed by atoms with van der Waals surface area (Å²) in [5, 5.41) is 0. The van der Waals surface area contributed by atoms with Gasteiger partial charge in [0.15, 0.2) is 5.96 Å². The normalized spacial score (nSPS) is 14.9. The third kappa shape index (κ3) is 3.67. The van der Waals surface area contributed by atoms with Crippen LogP contribution in [0.5, 0.6) is 0 Å². The van der Waals surface area contributed by atoms with Crippen molar-refractivity contribution in [3.63, 3.8) is 0 Å². The van der Waals surface area contributed by atoms with Crippen molar-refractivity contribution in [1.29, 1.82) is 0 Å². The van der Waals surface area contributed by atoms with Crippen molar-refractivity contribution < 1.29 is 0 Å². The highest BCUT2D eigenvalue weighted by Crippen LogP contribution is 2.24. The van der Waals surface area contributed by atoms with Crippen LogP contribution in [-0.4, -0.2) is 30.5 Å². The molecule has 1 fully saturated rings. The third-order valence-electron chi connectivity index (χ3n) is 4.19. The van der Waals surface area contributed by atoms with Crippen LogP contribution in [-0.2, 0) is 6.42 Å². The minimum Gasteiger partial charge on any atom is -0.370 e. The van der Waals surface area contributed by atoms with Crippen LogP contribution in [0.15, 0.2) is 59.6 Å². The molecule has 0 amide bonds. The van der Waals surface area contributed by atoms with Gasteiger partial charge in [-0.15, -0.1) is 0 Å². The van der Waals surface area contributed by atoms with Crippen molar-refractivity contribution in [1.82, 2.24) is 4.90 Å². The summed E-state index contributed by atoms with van der Waals surface area (Å²) in [5.41, 5.74) is 9.80. The molecule has 0 bridgehead atoms. The largest absolute Gasteiger partial charge is 0.370 e. The summed E-state index contributed by atoms with van der Waals surface area (Å²) in [6.07, 6.45) is 3.41. The van der Waals surface area contributed by atoms with E-state index < -0.39 is 0 Å². The second kappa shape index (κ2) is 6.65. The summed E-state index contributed by atoms with van der Waals surface area (Å²) in [6.45, 7) is 0.744. The maximum Gasteiger partial charge on any atom is 0.191 e. The number of rotatable bonds is 5. The highest BCUT2D eigenvalue weighted by molar-refractivity contribution is 5.78. The zero-order valence-electron chi connectivity index (χ0n) is 13.1. The van der Waals surface area contributed by atoms with Gasteiger partial charge in [-0.05, 0) is 36.0 Å². The topological polar surface area (TPSA) is 41.6 Å². The van der Waals surface area contributed by atoms with Crippen LogP contribution in [0, 0.1) is 0 Å². The number of hydrogen-bond acceptors (Lipinski definition) is 1. The Kier molecular flexibility index (Phi) is 4.42. The highest BCUT2D eigenvalue weighted by Gasteiger charge is 2.27. The molecule has 114 valence electrons. The first-order valence-electron chi connectivity index (χ1n) is 7.91. The van der Waals surface area contributed by atoms with Gasteiger partial charge in [-0.1, -0.05) is 54.6 Å². The van der Waals surface area contributed by atoms with Gasteiger partial charge in [-0.25, -0.2) is 0 Å². The fraction of sp³-hybridized carbons (Fsp3) is 0.316. The molecule has 0 spiro atoms. The van der Waals surface area contributed by atoms with E-state index in [4.69, 9.17) is 5.73 Å².